The molecule has 0 saturated carbocycles. The molecule has 1 unspecified atom stereocenters. The van der Waals surface area contributed by atoms with E-state index in [9.17, 15) is 0 Å². The van der Waals surface area contributed by atoms with E-state index in [-0.39, 0.29) is 6.04 Å². The molecule has 112 valence electrons. The monoisotopic (exact) mass is 305 g/mol. The summed E-state index contributed by atoms with van der Waals surface area (Å²) in [5.41, 5.74) is 2.36. The van der Waals surface area contributed by atoms with Gasteiger partial charge in [0.05, 0.1) is 12.6 Å². The van der Waals surface area contributed by atoms with E-state index in [1.54, 1.807) is 0 Å². The number of furan rings is 1. The molecule has 0 aliphatic carbocycles. The third-order valence-corrected chi connectivity index (χ3v) is 4.02. The molecule has 3 rings (SSSR count). The van der Waals surface area contributed by atoms with Gasteiger partial charge in [0.1, 0.15) is 17.3 Å². The van der Waals surface area contributed by atoms with Gasteiger partial charge in [-0.2, -0.15) is 0 Å². The van der Waals surface area contributed by atoms with Gasteiger partial charge in [0, 0.05) is 11.4 Å². The molecule has 1 aliphatic rings. The first-order valence-electron chi connectivity index (χ1n) is 7.41. The Morgan fingerprint density at radius 1 is 1.33 bits per heavy atom. The predicted octanol–water partition coefficient (Wildman–Crippen LogP) is 4.07. The number of halogens is 1. The van der Waals surface area contributed by atoms with E-state index in [4.69, 9.17) is 20.8 Å². The van der Waals surface area contributed by atoms with Crippen molar-refractivity contribution in [3.63, 3.8) is 0 Å². The normalized spacial score (nSPS) is 14.8. The Morgan fingerprint density at radius 2 is 2.19 bits per heavy atom. The Morgan fingerprint density at radius 3 is 2.90 bits per heavy atom. The van der Waals surface area contributed by atoms with Crippen LogP contribution in [0.3, 0.4) is 0 Å². The lowest BCUT2D eigenvalue weighted by Crippen LogP contribution is -2.22. The Balaban J connectivity index is 1.90. The summed E-state index contributed by atoms with van der Waals surface area (Å²) >= 11 is 6.24. The summed E-state index contributed by atoms with van der Waals surface area (Å²) in [4.78, 5) is 0. The fourth-order valence-corrected chi connectivity index (χ4v) is 3.14. The van der Waals surface area contributed by atoms with Crippen molar-refractivity contribution in [1.82, 2.24) is 5.32 Å². The molecule has 0 spiro atoms. The summed E-state index contributed by atoms with van der Waals surface area (Å²) in [6.07, 6.45) is 1.75. The number of benzene rings is 1. The van der Waals surface area contributed by atoms with Crippen LogP contribution in [0.1, 0.15) is 35.6 Å². The first-order chi connectivity index (χ1) is 10.2. The minimum atomic E-state index is 0.135. The topological polar surface area (TPSA) is 34.4 Å². The lowest BCUT2D eigenvalue weighted by atomic mass is 10.00. The molecule has 1 aromatic carbocycles. The molecule has 1 atom stereocenters. The number of rotatable bonds is 5. The zero-order valence-electron chi connectivity index (χ0n) is 12.4. The summed E-state index contributed by atoms with van der Waals surface area (Å²) in [7, 11) is 0. The molecule has 0 bridgehead atoms. The number of ether oxygens (including phenoxy) is 1. The maximum absolute atomic E-state index is 6.24. The third kappa shape index (κ3) is 3.09. The van der Waals surface area contributed by atoms with Crippen LogP contribution in [0, 0.1) is 6.92 Å². The van der Waals surface area contributed by atoms with Crippen LogP contribution in [0.25, 0.3) is 0 Å². The van der Waals surface area contributed by atoms with Crippen molar-refractivity contribution in [3.8, 4) is 5.75 Å². The zero-order valence-corrected chi connectivity index (χ0v) is 13.2. The molecule has 21 heavy (non-hydrogen) atoms. The van der Waals surface area contributed by atoms with Gasteiger partial charge in [-0.1, -0.05) is 18.5 Å². The number of likely N-dealkylation sites (N-methyl/N-ethyl adjacent to an activating group) is 1. The van der Waals surface area contributed by atoms with Crippen molar-refractivity contribution in [1.29, 1.82) is 0 Å². The molecular weight excluding hydrogens is 286 g/mol. The second-order valence-electron chi connectivity index (χ2n) is 5.41. The molecular formula is C17H20ClNO2. The van der Waals surface area contributed by atoms with Crippen LogP contribution in [0.2, 0.25) is 5.02 Å². The Hall–Kier alpha value is -1.45. The number of fused-ring (bicyclic) bond motifs is 1. The summed E-state index contributed by atoms with van der Waals surface area (Å²) in [6, 6.07) is 8.18. The van der Waals surface area contributed by atoms with Gasteiger partial charge in [-0.05, 0) is 55.3 Å². The average Bonchev–Trinajstić information content (AvgIpc) is 3.06. The van der Waals surface area contributed by atoms with Crippen molar-refractivity contribution in [2.24, 2.45) is 0 Å². The van der Waals surface area contributed by atoms with Crippen LogP contribution in [0.5, 0.6) is 5.75 Å². The summed E-state index contributed by atoms with van der Waals surface area (Å²) < 4.78 is 11.6. The van der Waals surface area contributed by atoms with Crippen molar-refractivity contribution in [3.05, 3.63) is 51.9 Å². The van der Waals surface area contributed by atoms with E-state index < -0.39 is 0 Å². The van der Waals surface area contributed by atoms with Crippen LogP contribution in [-0.4, -0.2) is 13.2 Å². The highest BCUT2D eigenvalue weighted by Gasteiger charge is 2.22. The number of hydrogen-bond donors (Lipinski definition) is 1. The fraction of sp³-hybridized carbons (Fsp3) is 0.412. The lowest BCUT2D eigenvalue weighted by Gasteiger charge is -2.17. The number of hydrogen-bond acceptors (Lipinski definition) is 3. The van der Waals surface area contributed by atoms with Gasteiger partial charge < -0.3 is 14.5 Å². The minimum absolute atomic E-state index is 0.135. The first-order valence-corrected chi connectivity index (χ1v) is 7.79. The minimum Gasteiger partial charge on any atom is -0.493 e. The molecule has 2 heterocycles. The van der Waals surface area contributed by atoms with Crippen molar-refractivity contribution in [2.45, 2.75) is 32.7 Å². The van der Waals surface area contributed by atoms with E-state index in [2.05, 4.69) is 12.2 Å². The van der Waals surface area contributed by atoms with Gasteiger partial charge in [-0.3, -0.25) is 0 Å². The van der Waals surface area contributed by atoms with Gasteiger partial charge in [-0.15, -0.1) is 0 Å². The van der Waals surface area contributed by atoms with E-state index in [1.165, 1.54) is 5.56 Å². The highest BCUT2D eigenvalue weighted by molar-refractivity contribution is 6.30. The first kappa shape index (κ1) is 14.5. The van der Waals surface area contributed by atoms with Crippen LogP contribution >= 0.6 is 11.6 Å². The molecule has 0 radical (unpaired) electrons. The van der Waals surface area contributed by atoms with Crippen molar-refractivity contribution < 1.29 is 9.15 Å². The Bertz CT molecular complexity index is 636. The maximum atomic E-state index is 6.24. The van der Waals surface area contributed by atoms with Gasteiger partial charge >= 0.3 is 0 Å². The van der Waals surface area contributed by atoms with Gasteiger partial charge in [0.25, 0.3) is 0 Å². The molecule has 1 aromatic heterocycles. The average molecular weight is 306 g/mol. The summed E-state index contributed by atoms with van der Waals surface area (Å²) in [5.74, 6) is 2.90. The van der Waals surface area contributed by atoms with Crippen LogP contribution in [0.15, 0.2) is 28.7 Å². The van der Waals surface area contributed by atoms with Gasteiger partial charge in [0.15, 0.2) is 0 Å². The van der Waals surface area contributed by atoms with E-state index >= 15 is 0 Å². The Kier molecular flexibility index (Phi) is 4.22. The van der Waals surface area contributed by atoms with Gasteiger partial charge in [0.2, 0.25) is 0 Å². The van der Waals surface area contributed by atoms with Crippen LogP contribution in [-0.2, 0) is 12.8 Å². The number of nitrogens with one attached hydrogen (secondary N) is 1. The summed E-state index contributed by atoms with van der Waals surface area (Å²) in [6.45, 7) is 5.69. The molecule has 0 fully saturated rings. The van der Waals surface area contributed by atoms with E-state index in [1.807, 2.05) is 31.2 Å². The summed E-state index contributed by atoms with van der Waals surface area (Å²) in [5, 5.41) is 4.26. The molecule has 2 aromatic rings. The highest BCUT2D eigenvalue weighted by Crippen LogP contribution is 2.35. The largest absolute Gasteiger partial charge is 0.493 e. The third-order valence-electron chi connectivity index (χ3n) is 3.80. The molecule has 3 nitrogen and oxygen atoms in total. The van der Waals surface area contributed by atoms with E-state index in [0.29, 0.717) is 0 Å². The fourth-order valence-electron chi connectivity index (χ4n) is 2.88. The zero-order chi connectivity index (χ0) is 14.8. The van der Waals surface area contributed by atoms with Crippen molar-refractivity contribution >= 4 is 11.6 Å². The van der Waals surface area contributed by atoms with Gasteiger partial charge in [-0.25, -0.2) is 0 Å². The van der Waals surface area contributed by atoms with E-state index in [0.717, 1.165) is 53.8 Å². The van der Waals surface area contributed by atoms with Crippen LogP contribution in [0.4, 0.5) is 0 Å². The lowest BCUT2D eigenvalue weighted by molar-refractivity contribution is 0.348. The number of aryl methyl sites for hydroxylation is 1. The SMILES string of the molecule is CCNC(Cc1cc(Cl)cc2c1OCC2)c1ccc(C)o1. The smallest absolute Gasteiger partial charge is 0.125 e. The van der Waals surface area contributed by atoms with Crippen molar-refractivity contribution in [2.75, 3.05) is 13.2 Å². The standard InChI is InChI=1S/C17H20ClNO2/c1-3-19-15(16-5-4-11(2)21-16)10-13-9-14(18)8-12-6-7-20-17(12)13/h4-5,8-9,15,19H,3,6-7,10H2,1-2H3. The second kappa shape index (κ2) is 6.12. The Labute approximate surface area is 130 Å². The van der Waals surface area contributed by atoms with Crippen LogP contribution < -0.4 is 10.1 Å². The molecule has 0 amide bonds. The second-order valence-corrected chi connectivity index (χ2v) is 5.85. The molecule has 1 aliphatic heterocycles. The molecule has 0 saturated heterocycles. The maximum Gasteiger partial charge on any atom is 0.125 e. The molecule has 4 heteroatoms. The predicted molar refractivity (Wildman–Crippen MR) is 84.2 cm³/mol. The molecule has 1 N–H and O–H groups in total. The quantitative estimate of drug-likeness (QED) is 0.904. The highest BCUT2D eigenvalue weighted by atomic mass is 35.5.